The summed E-state index contributed by atoms with van der Waals surface area (Å²) in [6.07, 6.45) is 4.43. The monoisotopic (exact) mass is 317 g/mol. The minimum atomic E-state index is -0.394. The Morgan fingerprint density at radius 1 is 1.41 bits per heavy atom. The summed E-state index contributed by atoms with van der Waals surface area (Å²) in [5.74, 6) is -0.363. The molecule has 3 rings (SSSR count). The van der Waals surface area contributed by atoms with Crippen molar-refractivity contribution in [2.24, 2.45) is 0 Å². The molecule has 0 aliphatic heterocycles. The third-order valence-corrected chi connectivity index (χ3v) is 3.54. The van der Waals surface area contributed by atoms with Crippen LogP contribution in [0.5, 0.6) is 0 Å². The number of halogens is 1. The molecule has 22 heavy (non-hydrogen) atoms. The quantitative estimate of drug-likeness (QED) is 0.793. The van der Waals surface area contributed by atoms with Crippen molar-refractivity contribution in [1.29, 1.82) is 0 Å². The van der Waals surface area contributed by atoms with Gasteiger partial charge in [-0.05, 0) is 24.6 Å². The molecule has 0 bridgehead atoms. The molecule has 7 nitrogen and oxygen atoms in total. The second-order valence-electron chi connectivity index (χ2n) is 4.76. The Labute approximate surface area is 130 Å². The zero-order valence-corrected chi connectivity index (χ0v) is 12.4. The summed E-state index contributed by atoms with van der Waals surface area (Å²) in [5.41, 5.74) is 1.48. The fraction of sp³-hybridized carbons (Fsp3) is 0.143. The minimum absolute atomic E-state index is 0.188. The maximum atomic E-state index is 12.0. The van der Waals surface area contributed by atoms with Gasteiger partial charge in [-0.15, -0.1) is 5.10 Å². The van der Waals surface area contributed by atoms with Gasteiger partial charge in [-0.1, -0.05) is 17.7 Å². The van der Waals surface area contributed by atoms with Crippen molar-refractivity contribution in [1.82, 2.24) is 19.2 Å². The van der Waals surface area contributed by atoms with E-state index in [1.54, 1.807) is 18.2 Å². The van der Waals surface area contributed by atoms with Crippen molar-refractivity contribution < 1.29 is 4.79 Å². The molecule has 0 saturated heterocycles. The highest BCUT2D eigenvalue weighted by Gasteiger charge is 2.11. The van der Waals surface area contributed by atoms with Crippen LogP contribution in [0.4, 0.5) is 5.69 Å². The van der Waals surface area contributed by atoms with Gasteiger partial charge >= 0.3 is 5.69 Å². The average molecular weight is 318 g/mol. The molecule has 1 N–H and O–H groups in total. The Morgan fingerprint density at radius 2 is 2.23 bits per heavy atom. The molecule has 112 valence electrons. The van der Waals surface area contributed by atoms with Gasteiger partial charge in [-0.2, -0.15) is 0 Å². The highest BCUT2D eigenvalue weighted by molar-refractivity contribution is 6.31. The lowest BCUT2D eigenvalue weighted by molar-refractivity contribution is -0.117. The predicted octanol–water partition coefficient (Wildman–Crippen LogP) is 1.49. The smallest absolute Gasteiger partial charge is 0.324 e. The lowest BCUT2D eigenvalue weighted by atomic mass is 10.2. The average Bonchev–Trinajstić information content (AvgIpc) is 2.80. The summed E-state index contributed by atoms with van der Waals surface area (Å²) in [6.45, 7) is 1.68. The van der Waals surface area contributed by atoms with Gasteiger partial charge in [-0.3, -0.25) is 9.78 Å². The van der Waals surface area contributed by atoms with Gasteiger partial charge in [0.1, 0.15) is 6.54 Å². The molecule has 0 spiro atoms. The van der Waals surface area contributed by atoms with E-state index in [0.29, 0.717) is 16.4 Å². The molecule has 0 radical (unpaired) electrons. The molecule has 0 unspecified atom stereocenters. The fourth-order valence-corrected chi connectivity index (χ4v) is 2.17. The van der Waals surface area contributed by atoms with Crippen molar-refractivity contribution in [3.63, 3.8) is 0 Å². The number of carbonyl (C=O) groups excluding carboxylic acids is 1. The molecule has 1 amide bonds. The molecular formula is C14H12ClN5O2. The van der Waals surface area contributed by atoms with Crippen molar-refractivity contribution in [3.05, 3.63) is 57.9 Å². The lowest BCUT2D eigenvalue weighted by Gasteiger charge is -2.06. The standard InChI is InChI=1S/C14H12ClN5O2/c1-9-2-3-10(6-11(9)15)17-13(21)8-20-14(22)19-5-4-16-7-12(19)18-20/h2-7H,8H2,1H3,(H,17,21). The zero-order chi connectivity index (χ0) is 15.7. The van der Waals surface area contributed by atoms with Crippen molar-refractivity contribution in [2.45, 2.75) is 13.5 Å². The number of amides is 1. The number of anilines is 1. The minimum Gasteiger partial charge on any atom is -0.324 e. The van der Waals surface area contributed by atoms with E-state index >= 15 is 0 Å². The fourth-order valence-electron chi connectivity index (χ4n) is 1.99. The first-order valence-corrected chi connectivity index (χ1v) is 6.87. The van der Waals surface area contributed by atoms with Crippen LogP contribution in [0.3, 0.4) is 0 Å². The number of nitrogens with zero attached hydrogens (tertiary/aromatic N) is 4. The third-order valence-electron chi connectivity index (χ3n) is 3.14. The number of nitrogens with one attached hydrogen (secondary N) is 1. The molecule has 0 atom stereocenters. The second-order valence-corrected chi connectivity index (χ2v) is 5.16. The highest BCUT2D eigenvalue weighted by atomic mass is 35.5. The van der Waals surface area contributed by atoms with E-state index < -0.39 is 5.69 Å². The number of aromatic nitrogens is 4. The summed E-state index contributed by atoms with van der Waals surface area (Å²) >= 11 is 6.01. The zero-order valence-electron chi connectivity index (χ0n) is 11.7. The normalized spacial score (nSPS) is 10.8. The van der Waals surface area contributed by atoms with Crippen LogP contribution in [-0.4, -0.2) is 25.1 Å². The Morgan fingerprint density at radius 3 is 2.95 bits per heavy atom. The molecular weight excluding hydrogens is 306 g/mol. The van der Waals surface area contributed by atoms with E-state index in [4.69, 9.17) is 11.6 Å². The van der Waals surface area contributed by atoms with E-state index in [1.807, 2.05) is 6.92 Å². The van der Waals surface area contributed by atoms with E-state index in [-0.39, 0.29) is 12.5 Å². The number of hydrogen-bond acceptors (Lipinski definition) is 4. The summed E-state index contributed by atoms with van der Waals surface area (Å²) < 4.78 is 2.41. The van der Waals surface area contributed by atoms with Crippen LogP contribution in [0.15, 0.2) is 41.6 Å². The maximum absolute atomic E-state index is 12.0. The molecule has 8 heteroatoms. The van der Waals surface area contributed by atoms with Gasteiger partial charge in [0, 0.05) is 23.1 Å². The van der Waals surface area contributed by atoms with Crippen molar-refractivity contribution >= 4 is 28.8 Å². The van der Waals surface area contributed by atoms with Crippen LogP contribution >= 0.6 is 11.6 Å². The summed E-state index contributed by atoms with van der Waals surface area (Å²) in [5, 5.41) is 7.29. The van der Waals surface area contributed by atoms with E-state index in [1.165, 1.54) is 23.0 Å². The Balaban J connectivity index is 1.79. The highest BCUT2D eigenvalue weighted by Crippen LogP contribution is 2.19. The van der Waals surface area contributed by atoms with Crippen LogP contribution in [0, 0.1) is 6.92 Å². The van der Waals surface area contributed by atoms with Crippen molar-refractivity contribution in [2.75, 3.05) is 5.32 Å². The van der Waals surface area contributed by atoms with Gasteiger partial charge in [0.15, 0.2) is 5.65 Å². The summed E-state index contributed by atoms with van der Waals surface area (Å²) in [6, 6.07) is 5.21. The van der Waals surface area contributed by atoms with Crippen LogP contribution in [0.1, 0.15) is 5.56 Å². The molecule has 0 aliphatic carbocycles. The SMILES string of the molecule is Cc1ccc(NC(=O)Cn2nc3cnccn3c2=O)cc1Cl. The molecule has 2 heterocycles. The molecule has 0 saturated carbocycles. The summed E-state index contributed by atoms with van der Waals surface area (Å²) in [4.78, 5) is 28.0. The van der Waals surface area contributed by atoms with Gasteiger partial charge in [0.05, 0.1) is 6.20 Å². The van der Waals surface area contributed by atoms with Gasteiger partial charge in [0.2, 0.25) is 5.91 Å². The molecule has 2 aromatic heterocycles. The van der Waals surface area contributed by atoms with Crippen LogP contribution in [0.25, 0.3) is 5.65 Å². The second kappa shape index (κ2) is 5.61. The number of hydrogen-bond donors (Lipinski definition) is 1. The number of carbonyl (C=O) groups is 1. The Bertz CT molecular complexity index is 915. The largest absolute Gasteiger partial charge is 0.350 e. The lowest BCUT2D eigenvalue weighted by Crippen LogP contribution is -2.28. The first-order chi connectivity index (χ1) is 10.5. The summed E-state index contributed by atoms with van der Waals surface area (Å²) in [7, 11) is 0. The number of fused-ring (bicyclic) bond motifs is 1. The molecule has 0 fully saturated rings. The van der Waals surface area contributed by atoms with Gasteiger partial charge in [0.25, 0.3) is 0 Å². The van der Waals surface area contributed by atoms with Crippen molar-refractivity contribution in [3.8, 4) is 0 Å². The maximum Gasteiger partial charge on any atom is 0.350 e. The first-order valence-electron chi connectivity index (χ1n) is 6.50. The van der Waals surface area contributed by atoms with Gasteiger partial charge in [-0.25, -0.2) is 13.9 Å². The Hall–Kier alpha value is -2.67. The van der Waals surface area contributed by atoms with Gasteiger partial charge < -0.3 is 5.32 Å². The first kappa shape index (κ1) is 14.3. The number of aryl methyl sites for hydroxylation is 1. The van der Waals surface area contributed by atoms with Crippen LogP contribution in [0.2, 0.25) is 5.02 Å². The van der Waals surface area contributed by atoms with E-state index in [9.17, 15) is 9.59 Å². The number of rotatable bonds is 3. The Kier molecular flexibility index (Phi) is 3.64. The molecule has 1 aromatic carbocycles. The van der Waals surface area contributed by atoms with Crippen LogP contribution in [-0.2, 0) is 11.3 Å². The van der Waals surface area contributed by atoms with Crippen LogP contribution < -0.4 is 11.0 Å². The molecule has 0 aliphatic rings. The predicted molar refractivity (Wildman–Crippen MR) is 82.1 cm³/mol. The van der Waals surface area contributed by atoms with E-state index in [2.05, 4.69) is 15.4 Å². The topological polar surface area (TPSA) is 81.3 Å². The molecule has 3 aromatic rings. The van der Waals surface area contributed by atoms with E-state index in [0.717, 1.165) is 10.2 Å². The third kappa shape index (κ3) is 2.71. The number of benzene rings is 1.